The first kappa shape index (κ1) is 55.2. The number of nitrogens with one attached hydrogen (secondary N) is 6. The van der Waals surface area contributed by atoms with Gasteiger partial charge in [0.05, 0.1) is 6.54 Å². The molecule has 0 radical (unpaired) electrons. The number of amides is 6. The van der Waals surface area contributed by atoms with Crippen LogP contribution in [0, 0.1) is 5.92 Å². The Morgan fingerprint density at radius 2 is 1.18 bits per heavy atom. The van der Waals surface area contributed by atoms with Crippen molar-refractivity contribution in [3.05, 3.63) is 65.7 Å². The Morgan fingerprint density at radius 1 is 0.652 bits per heavy atom. The second-order valence-corrected chi connectivity index (χ2v) is 17.9. The number of hydrogen-bond acceptors (Lipinski definition) is 12. The highest BCUT2D eigenvalue weighted by atomic mass is 16.7. The summed E-state index contributed by atoms with van der Waals surface area (Å²) in [4.78, 5) is 108. The molecule has 5 atom stereocenters. The molecule has 0 unspecified atom stereocenters. The predicted molar refractivity (Wildman–Crippen MR) is 244 cm³/mol. The van der Waals surface area contributed by atoms with Crippen LogP contribution in [-0.4, -0.2) is 113 Å². The minimum atomic E-state index is -1.30. The van der Waals surface area contributed by atoms with Crippen molar-refractivity contribution in [3.8, 4) is 5.75 Å². The Labute approximate surface area is 385 Å². The topological polar surface area (TPSA) is 321 Å². The molecule has 364 valence electrons. The molecule has 66 heavy (non-hydrogen) atoms. The van der Waals surface area contributed by atoms with E-state index < -0.39 is 95.7 Å². The number of guanidine groups is 1. The molecular formula is C45H67N9O12. The fourth-order valence-corrected chi connectivity index (χ4v) is 5.97. The number of nitrogens with two attached hydrogens (primary N) is 2. The number of carboxylic acid groups (broad SMARTS) is 1. The van der Waals surface area contributed by atoms with Crippen LogP contribution in [0.15, 0.2) is 59.6 Å². The van der Waals surface area contributed by atoms with Crippen molar-refractivity contribution in [2.45, 2.75) is 136 Å². The van der Waals surface area contributed by atoms with E-state index >= 15 is 0 Å². The fourth-order valence-electron chi connectivity index (χ4n) is 5.97. The van der Waals surface area contributed by atoms with E-state index in [0.717, 1.165) is 0 Å². The van der Waals surface area contributed by atoms with Gasteiger partial charge in [-0.2, -0.15) is 0 Å². The molecule has 0 fully saturated rings. The smallest absolute Gasteiger partial charge is 0.480 e. The van der Waals surface area contributed by atoms with Crippen LogP contribution < -0.4 is 48.1 Å². The maximum absolute atomic E-state index is 13.8. The second kappa shape index (κ2) is 26.1. The van der Waals surface area contributed by atoms with Crippen LogP contribution >= 0.6 is 0 Å². The van der Waals surface area contributed by atoms with Crippen LogP contribution in [0.5, 0.6) is 5.75 Å². The van der Waals surface area contributed by atoms with Gasteiger partial charge in [-0.25, -0.2) is 14.4 Å². The number of alkyl carbamates (subject to hydrolysis) is 1. The number of aliphatic carboxylic acids is 1. The normalized spacial score (nSPS) is 13.5. The standard InChI is InChI=1S/C45H67N9O12/c1-26(2)22-32(38(58)52-31(40(60)61)16-13-21-48-41(46)47)53-39(59)33(23-28-14-11-10-12-15-28)51-35(55)25-49-36(56)27(3)50-37(57)34(54-42(62)65-44(4,5)6)24-29-17-19-30(20-18-29)64-43(63)66-45(7,8)9/h10-12,14-15,17-20,26-27,31-34H,13,16,21-25H2,1-9H3,(H,49,56)(H,50,57)(H,51,55)(H,52,58)(H,53,59)(H,54,62)(H,60,61)(H4,46,47,48)/t27-,31+,32+,33-,34-/m0/s1. The number of rotatable bonds is 23. The van der Waals surface area contributed by atoms with Crippen LogP contribution in [-0.2, 0) is 51.1 Å². The Morgan fingerprint density at radius 3 is 1.73 bits per heavy atom. The zero-order valence-electron chi connectivity index (χ0n) is 39.1. The van der Waals surface area contributed by atoms with Crippen LogP contribution in [0.25, 0.3) is 0 Å². The molecular weight excluding hydrogens is 859 g/mol. The van der Waals surface area contributed by atoms with Gasteiger partial charge in [0.15, 0.2) is 5.96 Å². The minimum absolute atomic E-state index is 0.00887. The molecule has 0 bridgehead atoms. The molecule has 2 aromatic rings. The summed E-state index contributed by atoms with van der Waals surface area (Å²) in [5.74, 6) is -5.19. The molecule has 0 saturated carbocycles. The first-order valence-electron chi connectivity index (χ1n) is 21.5. The van der Waals surface area contributed by atoms with Gasteiger partial charge in [-0.1, -0.05) is 56.3 Å². The van der Waals surface area contributed by atoms with Crippen molar-refractivity contribution in [3.63, 3.8) is 0 Å². The summed E-state index contributed by atoms with van der Waals surface area (Å²) in [6.45, 7) is 14.5. The van der Waals surface area contributed by atoms with Crippen molar-refractivity contribution in [2.24, 2.45) is 22.4 Å². The van der Waals surface area contributed by atoms with Gasteiger partial charge in [-0.3, -0.25) is 29.0 Å². The van der Waals surface area contributed by atoms with Crippen molar-refractivity contribution < 1.29 is 57.7 Å². The number of carbonyl (C=O) groups excluding carboxylic acids is 7. The van der Waals surface area contributed by atoms with E-state index in [1.807, 2.05) is 13.8 Å². The van der Waals surface area contributed by atoms with Gasteiger partial charge < -0.3 is 62.7 Å². The van der Waals surface area contributed by atoms with E-state index in [2.05, 4.69) is 36.9 Å². The zero-order valence-corrected chi connectivity index (χ0v) is 39.1. The number of ether oxygens (including phenoxy) is 3. The molecule has 21 heteroatoms. The summed E-state index contributed by atoms with van der Waals surface area (Å²) < 4.78 is 15.7. The third-order valence-corrected chi connectivity index (χ3v) is 8.97. The van der Waals surface area contributed by atoms with Gasteiger partial charge in [0.1, 0.15) is 47.2 Å². The summed E-state index contributed by atoms with van der Waals surface area (Å²) in [6, 6.07) is 8.63. The van der Waals surface area contributed by atoms with E-state index in [9.17, 15) is 43.5 Å². The first-order valence-corrected chi connectivity index (χ1v) is 21.5. The number of carboxylic acids is 1. The lowest BCUT2D eigenvalue weighted by Crippen LogP contribution is -2.57. The number of hydrogen-bond donors (Lipinski definition) is 9. The molecule has 0 heterocycles. The fraction of sp³-hybridized carbons (Fsp3) is 0.533. The Balaban J connectivity index is 2.17. The highest BCUT2D eigenvalue weighted by Gasteiger charge is 2.31. The molecule has 0 spiro atoms. The molecule has 0 aliphatic heterocycles. The first-order chi connectivity index (χ1) is 30.7. The van der Waals surface area contributed by atoms with Crippen molar-refractivity contribution in [1.82, 2.24) is 31.9 Å². The number of benzene rings is 2. The van der Waals surface area contributed by atoms with Crippen LogP contribution in [0.2, 0.25) is 0 Å². The molecule has 2 aromatic carbocycles. The summed E-state index contributed by atoms with van der Waals surface area (Å²) in [6.07, 6.45) is -1.49. The highest BCUT2D eigenvalue weighted by Crippen LogP contribution is 2.17. The molecule has 2 rings (SSSR count). The van der Waals surface area contributed by atoms with Gasteiger partial charge in [0.2, 0.25) is 29.5 Å². The zero-order chi connectivity index (χ0) is 49.8. The summed E-state index contributed by atoms with van der Waals surface area (Å²) in [7, 11) is 0. The van der Waals surface area contributed by atoms with Gasteiger partial charge in [-0.15, -0.1) is 0 Å². The van der Waals surface area contributed by atoms with E-state index in [1.165, 1.54) is 19.1 Å². The predicted octanol–water partition coefficient (Wildman–Crippen LogP) is 1.94. The number of nitrogens with zero attached hydrogens (tertiary/aromatic N) is 1. The Bertz CT molecular complexity index is 1990. The third-order valence-electron chi connectivity index (χ3n) is 8.97. The maximum atomic E-state index is 13.8. The lowest BCUT2D eigenvalue weighted by Gasteiger charge is -2.26. The third kappa shape index (κ3) is 22.6. The molecule has 6 amide bonds. The minimum Gasteiger partial charge on any atom is -0.480 e. The van der Waals surface area contributed by atoms with E-state index in [0.29, 0.717) is 11.1 Å². The average Bonchev–Trinajstić information content (AvgIpc) is 3.19. The van der Waals surface area contributed by atoms with E-state index in [4.69, 9.17) is 25.7 Å². The molecule has 11 N–H and O–H groups in total. The second-order valence-electron chi connectivity index (χ2n) is 17.9. The molecule has 0 aromatic heterocycles. The van der Waals surface area contributed by atoms with E-state index in [1.54, 1.807) is 84.0 Å². The summed E-state index contributed by atoms with van der Waals surface area (Å²) in [5.41, 5.74) is 10.2. The maximum Gasteiger partial charge on any atom is 0.514 e. The number of aliphatic imine (C=N–C) groups is 1. The molecule has 0 aliphatic carbocycles. The summed E-state index contributed by atoms with van der Waals surface area (Å²) in [5, 5.41) is 25.0. The Hall–Kier alpha value is -6.93. The van der Waals surface area contributed by atoms with Gasteiger partial charge >= 0.3 is 18.2 Å². The van der Waals surface area contributed by atoms with Crippen molar-refractivity contribution >= 4 is 53.7 Å². The van der Waals surface area contributed by atoms with Crippen LogP contribution in [0.4, 0.5) is 9.59 Å². The van der Waals surface area contributed by atoms with Gasteiger partial charge in [0.25, 0.3) is 0 Å². The van der Waals surface area contributed by atoms with Crippen LogP contribution in [0.1, 0.15) is 92.7 Å². The lowest BCUT2D eigenvalue weighted by molar-refractivity contribution is -0.142. The summed E-state index contributed by atoms with van der Waals surface area (Å²) >= 11 is 0. The highest BCUT2D eigenvalue weighted by molar-refractivity contribution is 5.95. The SMILES string of the molecule is CC(C)C[C@@H](NC(=O)[C@H](Cc1ccccc1)NC(=O)CNC(=O)[C@H](C)NC(=O)[C@H](Cc1ccc(OC(=O)OC(C)(C)C)cc1)NC(=O)OC(C)(C)C)C(=O)N[C@H](CCCN=C(N)N)C(=O)O. The van der Waals surface area contributed by atoms with Crippen molar-refractivity contribution in [2.75, 3.05) is 13.1 Å². The largest absolute Gasteiger partial charge is 0.514 e. The average molecular weight is 926 g/mol. The molecule has 0 saturated heterocycles. The van der Waals surface area contributed by atoms with Gasteiger partial charge in [0, 0.05) is 19.4 Å². The molecule has 21 nitrogen and oxygen atoms in total. The Kier molecular flexibility index (Phi) is 21.9. The van der Waals surface area contributed by atoms with Crippen molar-refractivity contribution in [1.29, 1.82) is 0 Å². The molecule has 0 aliphatic rings. The van der Waals surface area contributed by atoms with E-state index in [-0.39, 0.29) is 56.3 Å². The van der Waals surface area contributed by atoms with Crippen LogP contribution in [0.3, 0.4) is 0 Å². The lowest BCUT2D eigenvalue weighted by atomic mass is 10.0. The van der Waals surface area contributed by atoms with Gasteiger partial charge in [-0.05, 0) is 96.9 Å². The number of carbonyl (C=O) groups is 8. The monoisotopic (exact) mass is 925 g/mol. The quantitative estimate of drug-likeness (QED) is 0.0253.